The topological polar surface area (TPSA) is 205 Å². The van der Waals surface area contributed by atoms with Crippen LogP contribution in [-0.2, 0) is 25.6 Å². The van der Waals surface area contributed by atoms with E-state index < -0.39 is 47.9 Å². The van der Waals surface area contributed by atoms with Crippen molar-refractivity contribution in [1.29, 1.82) is 0 Å². The molecule has 0 saturated heterocycles. The second-order valence-corrected chi connectivity index (χ2v) is 9.17. The van der Waals surface area contributed by atoms with E-state index in [0.29, 0.717) is 37.9 Å². The highest BCUT2D eigenvalue weighted by molar-refractivity contribution is 5.94. The number of nitrogens with zero attached hydrogens (tertiary/aromatic N) is 1. The largest absolute Gasteiger partial charge is 0.480 e. The van der Waals surface area contributed by atoms with Gasteiger partial charge in [0.2, 0.25) is 17.7 Å². The van der Waals surface area contributed by atoms with E-state index >= 15 is 0 Å². The van der Waals surface area contributed by atoms with Crippen molar-refractivity contribution in [3.8, 4) is 0 Å². The van der Waals surface area contributed by atoms with Crippen LogP contribution in [0, 0.1) is 11.8 Å². The Balaban J connectivity index is 3.00. The average Bonchev–Trinajstić information content (AvgIpc) is 3.33. The Morgan fingerprint density at radius 3 is 2.20 bits per heavy atom. The molecule has 1 heterocycles. The first kappa shape index (κ1) is 30.0. The number of rotatable bonds is 16. The lowest BCUT2D eigenvalue weighted by atomic mass is 9.96. The summed E-state index contributed by atoms with van der Waals surface area (Å²) in [6.07, 6.45) is 5.05. The van der Waals surface area contributed by atoms with Gasteiger partial charge in [-0.2, -0.15) is 0 Å². The molecule has 5 atom stereocenters. The summed E-state index contributed by atoms with van der Waals surface area (Å²) in [5, 5.41) is 17.5. The molecule has 9 N–H and O–H groups in total. The number of hydrogen-bond donors (Lipinski definition) is 7. The Bertz CT molecular complexity index is 815. The number of nitrogens with one attached hydrogen (secondary N) is 4. The number of carboxylic acid groups (broad SMARTS) is 1. The molecule has 198 valence electrons. The first-order valence-electron chi connectivity index (χ1n) is 12.1. The van der Waals surface area contributed by atoms with Gasteiger partial charge in [0.15, 0.2) is 0 Å². The van der Waals surface area contributed by atoms with Crippen LogP contribution in [0.3, 0.4) is 0 Å². The van der Waals surface area contributed by atoms with Crippen LogP contribution < -0.4 is 27.4 Å². The second kappa shape index (κ2) is 15.1. The molecule has 0 aromatic carbocycles. The summed E-state index contributed by atoms with van der Waals surface area (Å²) in [6.45, 7) is 7.70. The number of nitrogens with two attached hydrogens (primary N) is 2. The zero-order valence-electron chi connectivity index (χ0n) is 21.0. The standard InChI is InChI=1S/C23H41N7O5/c1-5-14(4)19(22(33)29-17(23(34)35)10-15-11-26-12-27-15)30-20(31)16(8-6-7-9-24)28-21(32)18(25)13(2)3/h11-14,16-19H,5-10,24-25H2,1-4H3,(H,26,27)(H,28,32)(H,29,33)(H,30,31)(H,34,35). The number of aliphatic carboxylic acids is 1. The number of H-pyrrole nitrogens is 1. The van der Waals surface area contributed by atoms with Crippen LogP contribution in [0.25, 0.3) is 0 Å². The monoisotopic (exact) mass is 495 g/mol. The van der Waals surface area contributed by atoms with E-state index in [2.05, 4.69) is 25.9 Å². The summed E-state index contributed by atoms with van der Waals surface area (Å²) < 4.78 is 0. The lowest BCUT2D eigenvalue weighted by Gasteiger charge is -2.28. The normalized spacial score (nSPS) is 15.5. The lowest BCUT2D eigenvalue weighted by Crippen LogP contribution is -2.59. The molecule has 0 radical (unpaired) electrons. The highest BCUT2D eigenvalue weighted by Gasteiger charge is 2.33. The smallest absolute Gasteiger partial charge is 0.326 e. The fourth-order valence-electron chi connectivity index (χ4n) is 3.37. The van der Waals surface area contributed by atoms with Crippen LogP contribution in [0.2, 0.25) is 0 Å². The van der Waals surface area contributed by atoms with Crippen molar-refractivity contribution in [3.63, 3.8) is 0 Å². The second-order valence-electron chi connectivity index (χ2n) is 9.17. The van der Waals surface area contributed by atoms with Gasteiger partial charge in [-0.25, -0.2) is 9.78 Å². The van der Waals surface area contributed by atoms with Crippen molar-refractivity contribution >= 4 is 23.7 Å². The minimum atomic E-state index is -1.21. The number of carbonyl (C=O) groups excluding carboxylic acids is 3. The van der Waals surface area contributed by atoms with Crippen molar-refractivity contribution in [2.45, 2.75) is 84.0 Å². The third kappa shape index (κ3) is 10.0. The molecule has 0 bridgehead atoms. The number of aromatic amines is 1. The van der Waals surface area contributed by atoms with Crippen molar-refractivity contribution in [2.24, 2.45) is 23.3 Å². The maximum absolute atomic E-state index is 13.2. The SMILES string of the molecule is CCC(C)C(NC(=O)C(CCCCN)NC(=O)C(N)C(C)C)C(=O)NC(Cc1cnc[nH]1)C(=O)O. The van der Waals surface area contributed by atoms with Crippen LogP contribution in [0.4, 0.5) is 0 Å². The molecule has 5 unspecified atom stereocenters. The van der Waals surface area contributed by atoms with E-state index in [1.165, 1.54) is 12.5 Å². The molecular formula is C23H41N7O5. The van der Waals surface area contributed by atoms with Gasteiger partial charge in [0.1, 0.15) is 18.1 Å². The molecule has 1 rings (SSSR count). The molecule has 0 aliphatic rings. The molecule has 1 aromatic heterocycles. The summed E-state index contributed by atoms with van der Waals surface area (Å²) >= 11 is 0. The van der Waals surface area contributed by atoms with E-state index in [9.17, 15) is 24.3 Å². The molecular weight excluding hydrogens is 454 g/mol. The van der Waals surface area contributed by atoms with Crippen LogP contribution in [0.1, 0.15) is 59.1 Å². The van der Waals surface area contributed by atoms with E-state index in [-0.39, 0.29) is 18.3 Å². The van der Waals surface area contributed by atoms with Gasteiger partial charge in [-0.05, 0) is 37.6 Å². The highest BCUT2D eigenvalue weighted by atomic mass is 16.4. The van der Waals surface area contributed by atoms with E-state index in [1.54, 1.807) is 20.8 Å². The van der Waals surface area contributed by atoms with E-state index in [4.69, 9.17) is 11.5 Å². The van der Waals surface area contributed by atoms with Crippen LogP contribution >= 0.6 is 0 Å². The first-order valence-corrected chi connectivity index (χ1v) is 12.1. The number of unbranched alkanes of at least 4 members (excludes halogenated alkanes) is 1. The minimum absolute atomic E-state index is 0.00705. The Labute approximate surface area is 206 Å². The van der Waals surface area contributed by atoms with Crippen LogP contribution in [0.15, 0.2) is 12.5 Å². The Hall–Kier alpha value is -2.99. The van der Waals surface area contributed by atoms with Gasteiger partial charge in [0, 0.05) is 18.3 Å². The van der Waals surface area contributed by atoms with Crippen molar-refractivity contribution in [3.05, 3.63) is 18.2 Å². The molecule has 0 fully saturated rings. The quantitative estimate of drug-likeness (QED) is 0.150. The number of carbonyl (C=O) groups is 4. The number of aromatic nitrogens is 2. The average molecular weight is 496 g/mol. The lowest BCUT2D eigenvalue weighted by molar-refractivity contribution is -0.142. The van der Waals surface area contributed by atoms with Crippen molar-refractivity contribution in [1.82, 2.24) is 25.9 Å². The highest BCUT2D eigenvalue weighted by Crippen LogP contribution is 2.11. The van der Waals surface area contributed by atoms with Gasteiger partial charge in [-0.1, -0.05) is 34.1 Å². The fourth-order valence-corrected chi connectivity index (χ4v) is 3.37. The first-order chi connectivity index (χ1) is 16.5. The number of carboxylic acids is 1. The molecule has 0 saturated carbocycles. The third-order valence-electron chi connectivity index (χ3n) is 5.99. The van der Waals surface area contributed by atoms with Gasteiger partial charge < -0.3 is 37.5 Å². The third-order valence-corrected chi connectivity index (χ3v) is 5.99. The Morgan fingerprint density at radius 2 is 1.69 bits per heavy atom. The summed E-state index contributed by atoms with van der Waals surface area (Å²) in [4.78, 5) is 57.2. The number of amides is 3. The van der Waals surface area contributed by atoms with Gasteiger partial charge in [0.25, 0.3) is 0 Å². The van der Waals surface area contributed by atoms with Gasteiger partial charge in [-0.15, -0.1) is 0 Å². The zero-order valence-corrected chi connectivity index (χ0v) is 21.0. The maximum Gasteiger partial charge on any atom is 0.326 e. The van der Waals surface area contributed by atoms with Gasteiger partial charge >= 0.3 is 5.97 Å². The number of hydrogen-bond acceptors (Lipinski definition) is 7. The van der Waals surface area contributed by atoms with Crippen LogP contribution in [0.5, 0.6) is 0 Å². The predicted octanol–water partition coefficient (Wildman–Crippen LogP) is -0.350. The molecule has 0 spiro atoms. The van der Waals surface area contributed by atoms with Gasteiger partial charge in [0.05, 0.1) is 12.4 Å². The summed E-state index contributed by atoms with van der Waals surface area (Å²) in [6, 6.07) is -3.90. The maximum atomic E-state index is 13.2. The Morgan fingerprint density at radius 1 is 1.03 bits per heavy atom. The number of imidazole rings is 1. The molecule has 0 aliphatic carbocycles. The zero-order chi connectivity index (χ0) is 26.5. The molecule has 35 heavy (non-hydrogen) atoms. The summed E-state index contributed by atoms with van der Waals surface area (Å²) in [5.74, 6) is -3.24. The summed E-state index contributed by atoms with van der Waals surface area (Å²) in [5.41, 5.74) is 12.0. The van der Waals surface area contributed by atoms with Crippen molar-refractivity contribution in [2.75, 3.05) is 6.54 Å². The predicted molar refractivity (Wildman–Crippen MR) is 131 cm³/mol. The Kier molecular flexibility index (Phi) is 13.0. The van der Waals surface area contributed by atoms with Crippen molar-refractivity contribution < 1.29 is 24.3 Å². The van der Waals surface area contributed by atoms with Crippen LogP contribution in [-0.4, -0.2) is 69.5 Å². The van der Waals surface area contributed by atoms with Gasteiger partial charge in [-0.3, -0.25) is 14.4 Å². The molecule has 1 aromatic rings. The molecule has 12 heteroatoms. The molecule has 3 amide bonds. The minimum Gasteiger partial charge on any atom is -0.480 e. The van der Waals surface area contributed by atoms with E-state index in [0.717, 1.165) is 0 Å². The molecule has 0 aliphatic heterocycles. The fraction of sp³-hybridized carbons (Fsp3) is 0.696. The summed E-state index contributed by atoms with van der Waals surface area (Å²) in [7, 11) is 0. The van der Waals surface area contributed by atoms with E-state index in [1.807, 2.05) is 6.92 Å². The molecule has 12 nitrogen and oxygen atoms in total.